The Morgan fingerprint density at radius 3 is 2.52 bits per heavy atom. The van der Waals surface area contributed by atoms with Gasteiger partial charge in [0, 0.05) is 30.5 Å². The molecule has 0 spiro atoms. The highest BCUT2D eigenvalue weighted by molar-refractivity contribution is 5.81. The third-order valence-corrected chi connectivity index (χ3v) is 5.42. The van der Waals surface area contributed by atoms with Gasteiger partial charge in [-0.3, -0.25) is 4.90 Å². The van der Waals surface area contributed by atoms with Gasteiger partial charge in [-0.15, -0.1) is 0 Å². The number of rotatable bonds is 4. The van der Waals surface area contributed by atoms with Gasteiger partial charge in [0.15, 0.2) is 0 Å². The smallest absolute Gasteiger partial charge is 0.351 e. The van der Waals surface area contributed by atoms with E-state index in [1.54, 1.807) is 18.2 Å². The van der Waals surface area contributed by atoms with Crippen molar-refractivity contribution >= 4 is 5.97 Å². The number of aliphatic hydroxyl groups is 1. The number of piperidine rings is 1. The lowest BCUT2D eigenvalue weighted by atomic mass is 9.95. The molecule has 5 nitrogen and oxygen atoms in total. The number of epoxide rings is 1. The summed E-state index contributed by atoms with van der Waals surface area (Å²) in [6.45, 7) is -0.927. The van der Waals surface area contributed by atoms with Crippen molar-refractivity contribution in [3.05, 3.63) is 35.9 Å². The van der Waals surface area contributed by atoms with Crippen LogP contribution in [-0.2, 0) is 19.9 Å². The molecule has 3 heterocycles. The Balaban J connectivity index is 1.47. The van der Waals surface area contributed by atoms with Crippen molar-refractivity contribution in [1.82, 2.24) is 4.90 Å². The Labute approximate surface area is 134 Å². The van der Waals surface area contributed by atoms with Crippen molar-refractivity contribution in [1.29, 1.82) is 0 Å². The lowest BCUT2D eigenvalue weighted by molar-refractivity contribution is -0.171. The molecule has 6 heteroatoms. The molecule has 2 unspecified atom stereocenters. The number of aliphatic hydroxyl groups excluding tert-OH is 1. The Morgan fingerprint density at radius 1 is 1.35 bits per heavy atom. The molecule has 4 rings (SSSR count). The number of benzene rings is 1. The van der Waals surface area contributed by atoms with Crippen LogP contribution in [0.15, 0.2) is 30.3 Å². The van der Waals surface area contributed by atoms with Crippen molar-refractivity contribution in [2.24, 2.45) is 0 Å². The van der Waals surface area contributed by atoms with Crippen molar-refractivity contribution in [3.8, 4) is 0 Å². The lowest BCUT2D eigenvalue weighted by Gasteiger charge is -2.38. The highest BCUT2D eigenvalue weighted by Crippen LogP contribution is 2.48. The zero-order valence-corrected chi connectivity index (χ0v) is 12.9. The van der Waals surface area contributed by atoms with Crippen molar-refractivity contribution in [3.63, 3.8) is 0 Å². The third kappa shape index (κ3) is 2.28. The second-order valence-electron chi connectivity index (χ2n) is 6.69. The van der Waals surface area contributed by atoms with E-state index in [0.29, 0.717) is 12.8 Å². The molecule has 1 N–H and O–H groups in total. The highest BCUT2D eigenvalue weighted by atomic mass is 19.1. The minimum Gasteiger partial charge on any atom is -0.460 e. The molecule has 1 aromatic rings. The van der Waals surface area contributed by atoms with E-state index >= 15 is 4.39 Å². The van der Waals surface area contributed by atoms with Crippen LogP contribution in [0, 0.1) is 0 Å². The van der Waals surface area contributed by atoms with Crippen LogP contribution in [0.25, 0.3) is 0 Å². The fraction of sp³-hybridized carbons (Fsp3) is 0.588. The van der Waals surface area contributed by atoms with E-state index in [2.05, 4.69) is 11.9 Å². The van der Waals surface area contributed by atoms with Crippen LogP contribution in [0.5, 0.6) is 0 Å². The predicted octanol–water partition coefficient (Wildman–Crippen LogP) is 0.999. The monoisotopic (exact) mass is 321 g/mol. The van der Waals surface area contributed by atoms with Crippen molar-refractivity contribution < 1.29 is 23.8 Å². The molecule has 3 saturated heterocycles. The van der Waals surface area contributed by atoms with E-state index in [0.717, 1.165) is 0 Å². The summed E-state index contributed by atoms with van der Waals surface area (Å²) in [5.74, 6) is -1.00. The number of hydrogen-bond donors (Lipinski definition) is 1. The fourth-order valence-corrected chi connectivity index (χ4v) is 4.02. The van der Waals surface area contributed by atoms with Gasteiger partial charge in [-0.2, -0.15) is 0 Å². The second kappa shape index (κ2) is 5.26. The Morgan fingerprint density at radius 2 is 1.96 bits per heavy atom. The Kier molecular flexibility index (Phi) is 3.44. The summed E-state index contributed by atoms with van der Waals surface area (Å²) < 4.78 is 26.1. The molecule has 3 fully saturated rings. The van der Waals surface area contributed by atoms with Crippen LogP contribution >= 0.6 is 0 Å². The Hall–Kier alpha value is -1.50. The normalized spacial score (nSPS) is 37.8. The number of alkyl halides is 1. The first kappa shape index (κ1) is 15.1. The maximum Gasteiger partial charge on any atom is 0.351 e. The van der Waals surface area contributed by atoms with E-state index < -0.39 is 18.2 Å². The number of carbonyl (C=O) groups is 1. The average Bonchev–Trinajstić information content (AvgIpc) is 3.33. The van der Waals surface area contributed by atoms with E-state index in [9.17, 15) is 9.90 Å². The van der Waals surface area contributed by atoms with Gasteiger partial charge in [0.1, 0.15) is 18.3 Å². The molecule has 23 heavy (non-hydrogen) atoms. The number of likely N-dealkylation sites (N-methyl/N-ethyl adjacent to an activating group) is 1. The molecule has 0 saturated carbocycles. The Bertz CT molecular complexity index is 594. The van der Waals surface area contributed by atoms with E-state index in [-0.39, 0.29) is 36.0 Å². The number of nitrogens with zero attached hydrogens (tertiary/aromatic N) is 1. The number of carbonyl (C=O) groups excluding carboxylic acids is 1. The first-order chi connectivity index (χ1) is 11.0. The van der Waals surface area contributed by atoms with Crippen molar-refractivity contribution in [2.45, 2.75) is 48.9 Å². The van der Waals surface area contributed by atoms with Gasteiger partial charge < -0.3 is 14.6 Å². The molecule has 124 valence electrons. The number of halogens is 1. The number of ether oxygens (including phenoxy) is 2. The summed E-state index contributed by atoms with van der Waals surface area (Å²) in [5, 5.41) is 9.44. The molecule has 3 aliphatic rings. The minimum atomic E-state index is -2.51. The van der Waals surface area contributed by atoms with Crippen molar-refractivity contribution in [2.75, 3.05) is 13.7 Å². The van der Waals surface area contributed by atoms with Gasteiger partial charge in [-0.25, -0.2) is 9.18 Å². The molecule has 0 radical (unpaired) electrons. The van der Waals surface area contributed by atoms with Crippen LogP contribution in [0.1, 0.15) is 18.4 Å². The fourth-order valence-electron chi connectivity index (χ4n) is 4.02. The molecule has 3 aliphatic heterocycles. The molecule has 0 amide bonds. The maximum absolute atomic E-state index is 15.0. The number of esters is 1. The number of morpholine rings is 1. The van der Waals surface area contributed by atoms with E-state index in [1.807, 2.05) is 0 Å². The number of fused-ring (bicyclic) bond motifs is 5. The summed E-state index contributed by atoms with van der Waals surface area (Å²) in [6, 6.07) is 8.43. The third-order valence-electron chi connectivity index (χ3n) is 5.42. The summed E-state index contributed by atoms with van der Waals surface area (Å²) in [5.41, 5.74) is -2.39. The van der Waals surface area contributed by atoms with E-state index in [1.165, 1.54) is 12.1 Å². The highest BCUT2D eigenvalue weighted by Gasteiger charge is 2.63. The molecular formula is C17H20FNO4. The summed E-state index contributed by atoms with van der Waals surface area (Å²) in [7, 11) is 2.06. The molecule has 0 aliphatic carbocycles. The molecule has 2 bridgehead atoms. The minimum absolute atomic E-state index is 0.120. The number of hydrogen-bond acceptors (Lipinski definition) is 5. The maximum atomic E-state index is 15.0. The first-order valence-electron chi connectivity index (χ1n) is 7.98. The van der Waals surface area contributed by atoms with Gasteiger partial charge in [-0.05, 0) is 7.05 Å². The molecule has 1 aromatic carbocycles. The zero-order chi connectivity index (χ0) is 16.2. The van der Waals surface area contributed by atoms with Crippen LogP contribution in [-0.4, -0.2) is 60.0 Å². The second-order valence-corrected chi connectivity index (χ2v) is 6.69. The quantitative estimate of drug-likeness (QED) is 0.662. The molecule has 6 atom stereocenters. The van der Waals surface area contributed by atoms with Crippen LogP contribution in [0.3, 0.4) is 0 Å². The van der Waals surface area contributed by atoms with Gasteiger partial charge in [0.2, 0.25) is 0 Å². The van der Waals surface area contributed by atoms with E-state index in [4.69, 9.17) is 9.47 Å². The van der Waals surface area contributed by atoms with Crippen LogP contribution in [0.4, 0.5) is 4.39 Å². The first-order valence-corrected chi connectivity index (χ1v) is 7.98. The summed E-state index contributed by atoms with van der Waals surface area (Å²) in [6.07, 6.45) is 1.44. The van der Waals surface area contributed by atoms with Crippen LogP contribution < -0.4 is 0 Å². The van der Waals surface area contributed by atoms with Gasteiger partial charge >= 0.3 is 5.97 Å². The molecule has 0 aromatic heterocycles. The topological polar surface area (TPSA) is 62.3 Å². The lowest BCUT2D eigenvalue weighted by Crippen LogP contribution is -2.49. The van der Waals surface area contributed by atoms with Crippen LogP contribution in [0.2, 0.25) is 0 Å². The van der Waals surface area contributed by atoms with Gasteiger partial charge in [0.25, 0.3) is 5.67 Å². The molecular weight excluding hydrogens is 301 g/mol. The SMILES string of the molecule is CN1[C@@H]2CC(OC(=O)C(F)(CO)c3ccccc3)C[C@H]1[C@@H]1O[C@@H]12. The van der Waals surface area contributed by atoms with Gasteiger partial charge in [0.05, 0.1) is 6.61 Å². The average molecular weight is 321 g/mol. The summed E-state index contributed by atoms with van der Waals surface area (Å²) in [4.78, 5) is 14.6. The zero-order valence-electron chi connectivity index (χ0n) is 12.9. The standard InChI is InChI=1S/C17H20FNO4/c1-19-12-7-11(8-13(19)15-14(12)23-15)22-16(21)17(18,9-20)10-5-3-2-4-6-10/h2-6,11-15,20H,7-9H2,1H3/t11?,12-,13+,14-,15+,17?. The summed E-state index contributed by atoms with van der Waals surface area (Å²) >= 11 is 0. The van der Waals surface area contributed by atoms with Gasteiger partial charge in [-0.1, -0.05) is 30.3 Å². The predicted molar refractivity (Wildman–Crippen MR) is 79.4 cm³/mol. The largest absolute Gasteiger partial charge is 0.460 e.